The van der Waals surface area contributed by atoms with Gasteiger partial charge in [-0.15, -0.1) is 0 Å². The number of carbonyl (C=O) groups excluding carboxylic acids is 1. The van der Waals surface area contributed by atoms with Crippen LogP contribution in [0.15, 0.2) is 57.9 Å². The highest BCUT2D eigenvalue weighted by Gasteiger charge is 2.14. The first kappa shape index (κ1) is 21.6. The largest absolute Gasteiger partial charge is 0.374 e. The van der Waals surface area contributed by atoms with Gasteiger partial charge in [0.15, 0.2) is 0 Å². The summed E-state index contributed by atoms with van der Waals surface area (Å²) in [5.74, 6) is -0.268. The molecule has 0 spiro atoms. The third kappa shape index (κ3) is 7.42. The minimum Gasteiger partial charge on any atom is -0.374 e. The SMILES string of the molecule is CC(C)OCc1cccc(NC(=O)CCNS(=O)(=O)c2ccc(Br)cc2)c1. The van der Waals surface area contributed by atoms with Crippen LogP contribution < -0.4 is 10.0 Å². The minimum atomic E-state index is -3.64. The monoisotopic (exact) mass is 454 g/mol. The molecule has 2 rings (SSSR count). The van der Waals surface area contributed by atoms with E-state index in [9.17, 15) is 13.2 Å². The number of ether oxygens (including phenoxy) is 1. The number of anilines is 1. The van der Waals surface area contributed by atoms with Gasteiger partial charge in [-0.05, 0) is 55.8 Å². The van der Waals surface area contributed by atoms with Gasteiger partial charge < -0.3 is 10.1 Å². The van der Waals surface area contributed by atoms with Crippen molar-refractivity contribution in [3.63, 3.8) is 0 Å². The lowest BCUT2D eigenvalue weighted by Gasteiger charge is -2.10. The quantitative estimate of drug-likeness (QED) is 0.604. The summed E-state index contributed by atoms with van der Waals surface area (Å²) in [4.78, 5) is 12.2. The average molecular weight is 455 g/mol. The molecule has 0 aliphatic rings. The molecule has 0 aromatic heterocycles. The number of benzene rings is 2. The molecule has 0 aliphatic heterocycles. The Labute approximate surface area is 168 Å². The zero-order valence-corrected chi connectivity index (χ0v) is 17.6. The second-order valence-electron chi connectivity index (χ2n) is 6.21. The molecule has 146 valence electrons. The van der Waals surface area contributed by atoms with Crippen LogP contribution >= 0.6 is 15.9 Å². The number of rotatable bonds is 9. The molecule has 0 atom stereocenters. The Kier molecular flexibility index (Phi) is 7.97. The Morgan fingerprint density at radius 2 is 1.85 bits per heavy atom. The molecule has 0 aliphatic carbocycles. The third-order valence-corrected chi connectivity index (χ3v) is 5.57. The van der Waals surface area contributed by atoms with Gasteiger partial charge in [-0.25, -0.2) is 13.1 Å². The summed E-state index contributed by atoms with van der Waals surface area (Å²) in [6.07, 6.45) is 0.157. The van der Waals surface area contributed by atoms with Crippen molar-refractivity contribution in [2.75, 3.05) is 11.9 Å². The summed E-state index contributed by atoms with van der Waals surface area (Å²) < 4.78 is 33.1. The maximum atomic E-state index is 12.2. The fraction of sp³-hybridized carbons (Fsp3) is 0.316. The molecule has 2 N–H and O–H groups in total. The molecule has 0 radical (unpaired) electrons. The zero-order valence-electron chi connectivity index (χ0n) is 15.2. The molecule has 2 aromatic carbocycles. The van der Waals surface area contributed by atoms with Crippen LogP contribution in [0, 0.1) is 0 Å². The highest BCUT2D eigenvalue weighted by atomic mass is 79.9. The molecule has 6 nitrogen and oxygen atoms in total. The van der Waals surface area contributed by atoms with Crippen LogP contribution in [-0.2, 0) is 26.2 Å². The molecule has 8 heteroatoms. The molecule has 0 heterocycles. The number of amides is 1. The van der Waals surface area contributed by atoms with Crippen LogP contribution in [0.4, 0.5) is 5.69 Å². The van der Waals surface area contributed by atoms with Crippen molar-refractivity contribution in [3.8, 4) is 0 Å². The number of carbonyl (C=O) groups is 1. The first-order valence-electron chi connectivity index (χ1n) is 8.52. The first-order chi connectivity index (χ1) is 12.8. The van der Waals surface area contributed by atoms with Crippen LogP contribution in [0.25, 0.3) is 0 Å². The van der Waals surface area contributed by atoms with Gasteiger partial charge in [0.05, 0.1) is 17.6 Å². The predicted molar refractivity (Wildman–Crippen MR) is 109 cm³/mol. The van der Waals surface area contributed by atoms with Crippen LogP contribution in [-0.4, -0.2) is 27.0 Å². The smallest absolute Gasteiger partial charge is 0.240 e. The van der Waals surface area contributed by atoms with Crippen molar-refractivity contribution in [1.29, 1.82) is 0 Å². The lowest BCUT2D eigenvalue weighted by atomic mass is 10.2. The van der Waals surface area contributed by atoms with Gasteiger partial charge in [-0.3, -0.25) is 4.79 Å². The lowest BCUT2D eigenvalue weighted by Crippen LogP contribution is -2.27. The molecule has 2 aromatic rings. The topological polar surface area (TPSA) is 84.5 Å². The van der Waals surface area contributed by atoms with Crippen molar-refractivity contribution < 1.29 is 17.9 Å². The molecule has 0 unspecified atom stereocenters. The van der Waals surface area contributed by atoms with E-state index in [4.69, 9.17) is 4.74 Å². The van der Waals surface area contributed by atoms with E-state index in [1.807, 2.05) is 32.0 Å². The minimum absolute atomic E-state index is 0.0143. The van der Waals surface area contributed by atoms with E-state index in [0.717, 1.165) is 10.0 Å². The Balaban J connectivity index is 1.84. The van der Waals surface area contributed by atoms with Crippen molar-refractivity contribution >= 4 is 37.5 Å². The van der Waals surface area contributed by atoms with E-state index in [1.165, 1.54) is 12.1 Å². The molecule has 27 heavy (non-hydrogen) atoms. The second-order valence-corrected chi connectivity index (χ2v) is 8.89. The van der Waals surface area contributed by atoms with Gasteiger partial charge in [0, 0.05) is 23.1 Å². The van der Waals surface area contributed by atoms with Crippen LogP contribution in [0.1, 0.15) is 25.8 Å². The maximum Gasteiger partial charge on any atom is 0.240 e. The number of nitrogens with one attached hydrogen (secondary N) is 2. The van der Waals surface area contributed by atoms with E-state index in [0.29, 0.717) is 12.3 Å². The number of sulfonamides is 1. The van der Waals surface area contributed by atoms with Gasteiger partial charge >= 0.3 is 0 Å². The molecule has 0 saturated heterocycles. The molecule has 1 amide bonds. The number of hydrogen-bond donors (Lipinski definition) is 2. The zero-order chi connectivity index (χ0) is 19.9. The van der Waals surface area contributed by atoms with Crippen molar-refractivity contribution in [3.05, 3.63) is 58.6 Å². The summed E-state index contributed by atoms with van der Waals surface area (Å²) >= 11 is 3.26. The lowest BCUT2D eigenvalue weighted by molar-refractivity contribution is -0.116. The highest BCUT2D eigenvalue weighted by molar-refractivity contribution is 9.10. The molecular formula is C19H23BrN2O4S. The van der Waals surface area contributed by atoms with Crippen molar-refractivity contribution in [2.24, 2.45) is 0 Å². The Bertz CT molecular complexity index is 868. The van der Waals surface area contributed by atoms with Gasteiger partial charge in [-0.1, -0.05) is 28.1 Å². The van der Waals surface area contributed by atoms with E-state index in [2.05, 4.69) is 26.0 Å². The summed E-state index contributed by atoms with van der Waals surface area (Å²) in [5.41, 5.74) is 1.61. The van der Waals surface area contributed by atoms with E-state index in [1.54, 1.807) is 18.2 Å². The van der Waals surface area contributed by atoms with Gasteiger partial charge in [0.1, 0.15) is 0 Å². The van der Waals surface area contributed by atoms with Crippen molar-refractivity contribution in [1.82, 2.24) is 4.72 Å². The summed E-state index contributed by atoms with van der Waals surface area (Å²) in [5, 5.41) is 2.77. The van der Waals surface area contributed by atoms with Crippen LogP contribution in [0.2, 0.25) is 0 Å². The van der Waals surface area contributed by atoms with Crippen molar-refractivity contribution in [2.45, 2.75) is 37.9 Å². The van der Waals surface area contributed by atoms with E-state index in [-0.39, 0.29) is 29.9 Å². The Morgan fingerprint density at radius 3 is 2.52 bits per heavy atom. The van der Waals surface area contributed by atoms with Crippen LogP contribution in [0.5, 0.6) is 0 Å². The van der Waals surface area contributed by atoms with E-state index < -0.39 is 10.0 Å². The van der Waals surface area contributed by atoms with Gasteiger partial charge in [0.25, 0.3) is 0 Å². The highest BCUT2D eigenvalue weighted by Crippen LogP contribution is 2.15. The summed E-state index contributed by atoms with van der Waals surface area (Å²) in [7, 11) is -3.64. The normalized spacial score (nSPS) is 11.6. The van der Waals surface area contributed by atoms with Gasteiger partial charge in [0.2, 0.25) is 15.9 Å². The van der Waals surface area contributed by atoms with Gasteiger partial charge in [-0.2, -0.15) is 0 Å². The predicted octanol–water partition coefficient (Wildman–Crippen LogP) is 3.68. The second kappa shape index (κ2) is 9.98. The fourth-order valence-corrected chi connectivity index (χ4v) is 3.52. The molecule has 0 bridgehead atoms. The summed E-state index contributed by atoms with van der Waals surface area (Å²) in [6.45, 7) is 4.40. The van der Waals surface area contributed by atoms with Crippen LogP contribution in [0.3, 0.4) is 0 Å². The Hall–Kier alpha value is -1.74. The fourth-order valence-electron chi connectivity index (χ4n) is 2.22. The number of hydrogen-bond acceptors (Lipinski definition) is 4. The molecule has 0 saturated carbocycles. The number of halogens is 1. The molecule has 0 fully saturated rings. The third-order valence-electron chi connectivity index (χ3n) is 3.56. The molecular weight excluding hydrogens is 432 g/mol. The average Bonchev–Trinajstić information content (AvgIpc) is 2.60. The van der Waals surface area contributed by atoms with E-state index >= 15 is 0 Å². The maximum absolute atomic E-state index is 12.2. The Morgan fingerprint density at radius 1 is 1.15 bits per heavy atom. The summed E-state index contributed by atoms with van der Waals surface area (Å²) in [6, 6.07) is 13.7. The first-order valence-corrected chi connectivity index (χ1v) is 10.8. The standard InChI is InChI=1S/C19H23BrN2O4S/c1-14(2)26-13-15-4-3-5-17(12-15)22-19(23)10-11-21-27(24,25)18-8-6-16(20)7-9-18/h3-9,12,14,21H,10-11,13H2,1-2H3,(H,22,23).